The fraction of sp³-hybridized carbons (Fsp3) is 0. The maximum atomic E-state index is 11.0. The topological polar surface area (TPSA) is 64.2 Å². The quantitative estimate of drug-likeness (QED) is 0.651. The maximum absolute atomic E-state index is 11.0. The van der Waals surface area contributed by atoms with Crippen LogP contribution in [0.15, 0.2) is 43.4 Å². The van der Waals surface area contributed by atoms with Crippen LogP contribution in [0.3, 0.4) is 0 Å². The average Bonchev–Trinajstić information content (AvgIpc) is 2.71. The highest BCUT2D eigenvalue weighted by Crippen LogP contribution is 2.24. The van der Waals surface area contributed by atoms with E-state index in [9.17, 15) is 4.57 Å². The predicted molar refractivity (Wildman–Crippen MR) is 65.1 cm³/mol. The summed E-state index contributed by atoms with van der Waals surface area (Å²) in [6.07, 6.45) is 3.90. The van der Waals surface area contributed by atoms with Gasteiger partial charge in [-0.3, -0.25) is 0 Å². The van der Waals surface area contributed by atoms with Crippen LogP contribution in [0.2, 0.25) is 0 Å². The van der Waals surface area contributed by atoms with E-state index in [-0.39, 0.29) is 0 Å². The number of rotatable bonds is 5. The van der Waals surface area contributed by atoms with E-state index in [0.29, 0.717) is 5.82 Å². The molecule has 5 nitrogen and oxygen atoms in total. The normalized spacial score (nSPS) is 11.6. The predicted octanol–water partition coefficient (Wildman–Crippen LogP) is 3.37. The standard InChI is InChI=1S/C11H10N2O3P/c1-2-15-17(14)16-8-7-11-12-9-5-3-4-6-10(9)13-11/h2-8H,1H2,(H,12,13)/q+1. The van der Waals surface area contributed by atoms with Gasteiger partial charge in [0, 0.05) is 10.6 Å². The molecule has 0 bridgehead atoms. The highest BCUT2D eigenvalue weighted by molar-refractivity contribution is 7.33. The minimum atomic E-state index is -2.20. The summed E-state index contributed by atoms with van der Waals surface area (Å²) >= 11 is 0. The Labute approximate surface area is 98.7 Å². The fourth-order valence-electron chi connectivity index (χ4n) is 1.28. The van der Waals surface area contributed by atoms with Crippen molar-refractivity contribution in [3.63, 3.8) is 0 Å². The first kappa shape index (κ1) is 11.4. The van der Waals surface area contributed by atoms with Crippen LogP contribution in [0, 0.1) is 0 Å². The molecule has 0 amide bonds. The third-order valence-corrected chi connectivity index (χ3v) is 2.56. The van der Waals surface area contributed by atoms with Crippen molar-refractivity contribution in [1.82, 2.24) is 9.97 Å². The highest BCUT2D eigenvalue weighted by atomic mass is 31.1. The molecule has 17 heavy (non-hydrogen) atoms. The van der Waals surface area contributed by atoms with Gasteiger partial charge in [0.2, 0.25) is 0 Å². The molecule has 6 heteroatoms. The lowest BCUT2D eigenvalue weighted by molar-refractivity contribution is 0.358. The summed E-state index contributed by atoms with van der Waals surface area (Å²) in [5.74, 6) is 0.619. The van der Waals surface area contributed by atoms with Crippen molar-refractivity contribution >= 4 is 25.4 Å². The number of benzene rings is 1. The monoisotopic (exact) mass is 249 g/mol. The molecule has 0 radical (unpaired) electrons. The van der Waals surface area contributed by atoms with Crippen molar-refractivity contribution in [3.8, 4) is 0 Å². The molecule has 1 aromatic carbocycles. The van der Waals surface area contributed by atoms with E-state index in [1.165, 1.54) is 6.26 Å². The molecule has 0 saturated heterocycles. The van der Waals surface area contributed by atoms with E-state index in [1.54, 1.807) is 6.08 Å². The number of hydrogen-bond donors (Lipinski definition) is 1. The molecule has 1 atom stereocenters. The van der Waals surface area contributed by atoms with Crippen molar-refractivity contribution in [2.24, 2.45) is 0 Å². The van der Waals surface area contributed by atoms with Gasteiger partial charge in [-0.2, -0.15) is 0 Å². The third kappa shape index (κ3) is 2.92. The lowest BCUT2D eigenvalue weighted by Crippen LogP contribution is -1.74. The molecule has 2 aromatic rings. The summed E-state index contributed by atoms with van der Waals surface area (Å²) in [5.41, 5.74) is 1.79. The average molecular weight is 249 g/mol. The molecule has 1 aromatic heterocycles. The van der Waals surface area contributed by atoms with Gasteiger partial charge in [-0.25, -0.2) is 14.0 Å². The number of nitrogens with zero attached hydrogens (tertiary/aromatic N) is 1. The molecule has 0 aliphatic heterocycles. The van der Waals surface area contributed by atoms with Crippen LogP contribution in [0.25, 0.3) is 17.1 Å². The van der Waals surface area contributed by atoms with Gasteiger partial charge < -0.3 is 4.98 Å². The summed E-state index contributed by atoms with van der Waals surface area (Å²) < 4.78 is 20.2. The zero-order valence-electron chi connectivity index (χ0n) is 8.87. The smallest absolute Gasteiger partial charge is 0.338 e. The van der Waals surface area contributed by atoms with E-state index < -0.39 is 8.25 Å². The van der Waals surface area contributed by atoms with Crippen molar-refractivity contribution in [2.75, 3.05) is 0 Å². The number of aromatic amines is 1. The maximum Gasteiger partial charge on any atom is 0.804 e. The second-order valence-corrected chi connectivity index (χ2v) is 3.91. The van der Waals surface area contributed by atoms with E-state index in [1.807, 2.05) is 24.3 Å². The first-order valence-corrected chi connectivity index (χ1v) is 5.92. The Balaban J connectivity index is 2.05. The fourth-order valence-corrected chi connectivity index (χ4v) is 1.61. The Kier molecular flexibility index (Phi) is 3.52. The van der Waals surface area contributed by atoms with Gasteiger partial charge >= 0.3 is 8.25 Å². The summed E-state index contributed by atoms with van der Waals surface area (Å²) in [6, 6.07) is 7.63. The van der Waals surface area contributed by atoms with Crippen LogP contribution in [-0.2, 0) is 13.6 Å². The molecule has 2 rings (SSSR count). The van der Waals surface area contributed by atoms with Crippen molar-refractivity contribution in [1.29, 1.82) is 0 Å². The molecule has 0 aliphatic rings. The molecule has 0 aliphatic carbocycles. The zero-order chi connectivity index (χ0) is 12.1. The summed E-state index contributed by atoms with van der Waals surface area (Å²) in [5, 5.41) is 0. The van der Waals surface area contributed by atoms with Gasteiger partial charge in [0.05, 0.1) is 11.0 Å². The summed E-state index contributed by atoms with van der Waals surface area (Å²) in [6.45, 7) is 3.27. The van der Waals surface area contributed by atoms with Gasteiger partial charge in [0.1, 0.15) is 12.1 Å². The van der Waals surface area contributed by atoms with E-state index in [4.69, 9.17) is 4.52 Å². The molecular formula is C11H10N2O3P+. The summed E-state index contributed by atoms with van der Waals surface area (Å²) in [7, 11) is -2.20. The van der Waals surface area contributed by atoms with Crippen molar-refractivity contribution < 1.29 is 13.6 Å². The zero-order valence-corrected chi connectivity index (χ0v) is 9.76. The molecule has 0 fully saturated rings. The molecule has 86 valence electrons. The van der Waals surface area contributed by atoms with E-state index in [0.717, 1.165) is 17.3 Å². The molecule has 1 unspecified atom stereocenters. The molecule has 0 saturated carbocycles. The van der Waals surface area contributed by atoms with Crippen LogP contribution in [0.5, 0.6) is 0 Å². The van der Waals surface area contributed by atoms with Crippen LogP contribution in [-0.4, -0.2) is 9.97 Å². The Morgan fingerprint density at radius 1 is 1.35 bits per heavy atom. The minimum Gasteiger partial charge on any atom is -0.338 e. The largest absolute Gasteiger partial charge is 0.804 e. The van der Waals surface area contributed by atoms with Crippen LogP contribution in [0.4, 0.5) is 0 Å². The number of H-pyrrole nitrogens is 1. The van der Waals surface area contributed by atoms with Crippen LogP contribution < -0.4 is 0 Å². The third-order valence-electron chi connectivity index (χ3n) is 1.94. The van der Waals surface area contributed by atoms with Crippen molar-refractivity contribution in [2.45, 2.75) is 0 Å². The van der Waals surface area contributed by atoms with Gasteiger partial charge in [-0.15, -0.1) is 0 Å². The van der Waals surface area contributed by atoms with Gasteiger partial charge in [-0.05, 0) is 12.1 Å². The molecule has 1 N–H and O–H groups in total. The number of aromatic nitrogens is 2. The second-order valence-electron chi connectivity index (χ2n) is 3.04. The Hall–Kier alpha value is -2.13. The molecule has 1 heterocycles. The van der Waals surface area contributed by atoms with Gasteiger partial charge in [0.15, 0.2) is 6.26 Å². The minimum absolute atomic E-state index is 0.619. The molecular weight excluding hydrogens is 239 g/mol. The SMILES string of the molecule is C=CO[P+](=O)OC=Cc1nc2ccccc2[nH]1. The number of para-hydroxylation sites is 2. The number of fused-ring (bicyclic) bond motifs is 1. The number of imidazole rings is 1. The first-order valence-electron chi connectivity index (χ1n) is 4.82. The second kappa shape index (κ2) is 5.27. The van der Waals surface area contributed by atoms with E-state index >= 15 is 0 Å². The Morgan fingerprint density at radius 3 is 2.94 bits per heavy atom. The van der Waals surface area contributed by atoms with Crippen LogP contribution >= 0.6 is 8.25 Å². The summed E-state index contributed by atoms with van der Waals surface area (Å²) in [4.78, 5) is 7.34. The van der Waals surface area contributed by atoms with Crippen molar-refractivity contribution in [3.05, 3.63) is 49.2 Å². The highest BCUT2D eigenvalue weighted by Gasteiger charge is 2.16. The lowest BCUT2D eigenvalue weighted by atomic mass is 10.3. The Morgan fingerprint density at radius 2 is 2.18 bits per heavy atom. The molecule has 0 spiro atoms. The van der Waals surface area contributed by atoms with Crippen LogP contribution in [0.1, 0.15) is 5.82 Å². The number of hydrogen-bond acceptors (Lipinski definition) is 4. The lowest BCUT2D eigenvalue weighted by Gasteiger charge is -1.82. The van der Waals surface area contributed by atoms with Gasteiger partial charge in [0.25, 0.3) is 0 Å². The first-order chi connectivity index (χ1) is 8.29. The Bertz CT molecular complexity index is 544. The van der Waals surface area contributed by atoms with E-state index in [2.05, 4.69) is 21.1 Å². The number of nitrogens with one attached hydrogen (secondary N) is 1. The van der Waals surface area contributed by atoms with Gasteiger partial charge in [-0.1, -0.05) is 18.7 Å².